The maximum absolute atomic E-state index is 13.4. The fourth-order valence-electron chi connectivity index (χ4n) is 5.13. The number of alkyl halides is 6. The molecule has 0 nitrogen and oxygen atoms in total. The minimum Gasteiger partial charge on any atom is -0.171 e. The summed E-state index contributed by atoms with van der Waals surface area (Å²) in [4.78, 5) is 0. The van der Waals surface area contributed by atoms with Gasteiger partial charge in [-0.1, -0.05) is 45.4 Å². The Morgan fingerprint density at radius 2 is 1.28 bits per heavy atom. The van der Waals surface area contributed by atoms with E-state index in [0.717, 1.165) is 19.3 Å². The molecule has 0 N–H and O–H groups in total. The van der Waals surface area contributed by atoms with Gasteiger partial charge in [-0.15, -0.1) is 0 Å². The third-order valence-corrected chi connectivity index (χ3v) is 6.46. The van der Waals surface area contributed by atoms with Crippen LogP contribution in [0.15, 0.2) is 0 Å². The summed E-state index contributed by atoms with van der Waals surface area (Å²) in [7, 11) is 0. The van der Waals surface area contributed by atoms with Crippen LogP contribution in [0.3, 0.4) is 0 Å². The Labute approximate surface area is 146 Å². The molecule has 0 aromatic rings. The second-order valence-corrected chi connectivity index (χ2v) is 8.15. The van der Waals surface area contributed by atoms with Gasteiger partial charge in [0.2, 0.25) is 0 Å². The van der Waals surface area contributed by atoms with Crippen LogP contribution >= 0.6 is 0 Å². The van der Waals surface area contributed by atoms with E-state index >= 15 is 0 Å². The van der Waals surface area contributed by atoms with E-state index in [0.29, 0.717) is 38.5 Å². The largest absolute Gasteiger partial charge is 0.392 e. The zero-order chi connectivity index (χ0) is 18.7. The van der Waals surface area contributed by atoms with Gasteiger partial charge in [0.25, 0.3) is 0 Å². The minimum atomic E-state index is -4.18. The normalized spacial score (nSPS) is 34.9. The number of hydrogen-bond acceptors (Lipinski definition) is 0. The summed E-state index contributed by atoms with van der Waals surface area (Å²) in [5.41, 5.74) is 0. The number of rotatable bonds is 5. The molecule has 0 saturated heterocycles. The van der Waals surface area contributed by atoms with E-state index < -0.39 is 30.1 Å². The van der Waals surface area contributed by atoms with Crippen molar-refractivity contribution in [1.82, 2.24) is 0 Å². The summed E-state index contributed by atoms with van der Waals surface area (Å²) in [5, 5.41) is 0. The third kappa shape index (κ3) is 5.78. The first-order valence-electron chi connectivity index (χ1n) is 9.76. The van der Waals surface area contributed by atoms with E-state index in [1.807, 2.05) is 6.92 Å². The van der Waals surface area contributed by atoms with Crippen LogP contribution in [0.25, 0.3) is 0 Å². The van der Waals surface area contributed by atoms with E-state index in [4.69, 9.17) is 0 Å². The molecule has 0 aromatic carbocycles. The van der Waals surface area contributed by atoms with Crippen LogP contribution in [0.2, 0.25) is 0 Å². The van der Waals surface area contributed by atoms with Crippen LogP contribution < -0.4 is 0 Å². The summed E-state index contributed by atoms with van der Waals surface area (Å²) >= 11 is 0. The lowest BCUT2D eigenvalue weighted by atomic mass is 9.69. The lowest BCUT2D eigenvalue weighted by Gasteiger charge is -2.39. The second-order valence-electron chi connectivity index (χ2n) is 8.15. The van der Waals surface area contributed by atoms with Crippen molar-refractivity contribution in [2.24, 2.45) is 29.6 Å². The highest BCUT2D eigenvalue weighted by Gasteiger charge is 2.48. The summed E-state index contributed by atoms with van der Waals surface area (Å²) in [6.45, 7) is 1.90. The predicted octanol–water partition coefficient (Wildman–Crippen LogP) is 7.53. The standard InChI is InChI=1S/C19H30F6/c1-2-5-14-10-8-13(12-17(14)19(23,24)25)9-11-15-6-3-4-7-16(15)18(20,21)22/h13-17H,2-12H2,1H3/t13-,14-,15+,16?,17?/m1/s1. The lowest BCUT2D eigenvalue weighted by Crippen LogP contribution is -2.37. The molecular weight excluding hydrogens is 342 g/mol. The van der Waals surface area contributed by atoms with Crippen LogP contribution in [0.5, 0.6) is 0 Å². The second kappa shape index (κ2) is 8.51. The monoisotopic (exact) mass is 372 g/mol. The van der Waals surface area contributed by atoms with Crippen molar-refractivity contribution in [2.45, 2.75) is 89.9 Å². The highest BCUT2D eigenvalue weighted by Crippen LogP contribution is 2.48. The van der Waals surface area contributed by atoms with Gasteiger partial charge >= 0.3 is 12.4 Å². The first kappa shape index (κ1) is 20.9. The molecule has 2 aliphatic rings. The van der Waals surface area contributed by atoms with E-state index in [-0.39, 0.29) is 24.7 Å². The van der Waals surface area contributed by atoms with Crippen molar-refractivity contribution < 1.29 is 26.3 Å². The molecule has 0 radical (unpaired) electrons. The average Bonchev–Trinajstić information content (AvgIpc) is 2.52. The van der Waals surface area contributed by atoms with Crippen LogP contribution in [-0.4, -0.2) is 12.4 Å². The fourth-order valence-corrected chi connectivity index (χ4v) is 5.13. The number of hydrogen-bond donors (Lipinski definition) is 0. The summed E-state index contributed by atoms with van der Waals surface area (Å²) in [6.07, 6.45) is -2.48. The SMILES string of the molecule is CCC[C@@H]1CC[C@H](CC[C@@H]2CCCCC2C(F)(F)F)CC1C(F)(F)F. The summed E-state index contributed by atoms with van der Waals surface area (Å²) in [6, 6.07) is 0. The maximum atomic E-state index is 13.4. The van der Waals surface area contributed by atoms with Gasteiger partial charge in [-0.25, -0.2) is 0 Å². The van der Waals surface area contributed by atoms with Crippen LogP contribution in [0.4, 0.5) is 26.3 Å². The summed E-state index contributed by atoms with van der Waals surface area (Å²) in [5.74, 6) is -3.30. The van der Waals surface area contributed by atoms with E-state index in [9.17, 15) is 26.3 Å². The zero-order valence-electron chi connectivity index (χ0n) is 14.9. The quantitative estimate of drug-likeness (QED) is 0.438. The number of halogens is 6. The van der Waals surface area contributed by atoms with Crippen molar-refractivity contribution in [2.75, 3.05) is 0 Å². The van der Waals surface area contributed by atoms with Crippen LogP contribution in [0, 0.1) is 29.6 Å². The molecule has 25 heavy (non-hydrogen) atoms. The first-order valence-corrected chi connectivity index (χ1v) is 9.76. The predicted molar refractivity (Wildman–Crippen MR) is 86.0 cm³/mol. The van der Waals surface area contributed by atoms with Crippen molar-refractivity contribution >= 4 is 0 Å². The Morgan fingerprint density at radius 3 is 1.88 bits per heavy atom. The molecular formula is C19H30F6. The van der Waals surface area contributed by atoms with Gasteiger partial charge in [-0.2, -0.15) is 26.3 Å². The average molecular weight is 372 g/mol. The van der Waals surface area contributed by atoms with Gasteiger partial charge in [0, 0.05) is 0 Å². The maximum Gasteiger partial charge on any atom is 0.392 e. The van der Waals surface area contributed by atoms with Crippen LogP contribution in [0.1, 0.15) is 77.6 Å². The van der Waals surface area contributed by atoms with Crippen molar-refractivity contribution in [3.8, 4) is 0 Å². The molecule has 0 spiro atoms. The molecule has 0 aliphatic heterocycles. The van der Waals surface area contributed by atoms with Crippen LogP contribution in [-0.2, 0) is 0 Å². The van der Waals surface area contributed by atoms with Gasteiger partial charge in [0.15, 0.2) is 0 Å². The molecule has 5 atom stereocenters. The van der Waals surface area contributed by atoms with E-state index in [1.165, 1.54) is 0 Å². The Kier molecular flexibility index (Phi) is 7.11. The topological polar surface area (TPSA) is 0 Å². The molecule has 0 amide bonds. The first-order chi connectivity index (χ1) is 11.6. The van der Waals surface area contributed by atoms with Crippen molar-refractivity contribution in [3.63, 3.8) is 0 Å². The molecule has 2 rings (SSSR count). The zero-order valence-corrected chi connectivity index (χ0v) is 14.9. The highest BCUT2D eigenvalue weighted by atomic mass is 19.4. The molecule has 6 heteroatoms. The van der Waals surface area contributed by atoms with Gasteiger partial charge in [0.1, 0.15) is 0 Å². The van der Waals surface area contributed by atoms with Gasteiger partial charge in [-0.3, -0.25) is 0 Å². The Hall–Kier alpha value is -0.420. The summed E-state index contributed by atoms with van der Waals surface area (Å²) < 4.78 is 79.5. The van der Waals surface area contributed by atoms with Crippen molar-refractivity contribution in [1.29, 1.82) is 0 Å². The van der Waals surface area contributed by atoms with E-state index in [2.05, 4.69) is 0 Å². The minimum absolute atomic E-state index is 0.0736. The third-order valence-electron chi connectivity index (χ3n) is 6.46. The Bertz CT molecular complexity index is 400. The molecule has 2 fully saturated rings. The molecule has 0 heterocycles. The van der Waals surface area contributed by atoms with Gasteiger partial charge in [-0.05, 0) is 49.9 Å². The smallest absolute Gasteiger partial charge is 0.171 e. The molecule has 2 unspecified atom stereocenters. The molecule has 148 valence electrons. The lowest BCUT2D eigenvalue weighted by molar-refractivity contribution is -0.203. The molecule has 0 aromatic heterocycles. The molecule has 0 bridgehead atoms. The van der Waals surface area contributed by atoms with E-state index in [1.54, 1.807) is 0 Å². The fraction of sp³-hybridized carbons (Fsp3) is 1.00. The Balaban J connectivity index is 1.92. The molecule has 2 saturated carbocycles. The van der Waals surface area contributed by atoms with Crippen molar-refractivity contribution in [3.05, 3.63) is 0 Å². The highest BCUT2D eigenvalue weighted by molar-refractivity contribution is 4.86. The molecule has 2 aliphatic carbocycles. The van der Waals surface area contributed by atoms with Gasteiger partial charge < -0.3 is 0 Å². The van der Waals surface area contributed by atoms with Gasteiger partial charge in [0.05, 0.1) is 11.8 Å². The Morgan fingerprint density at radius 1 is 0.680 bits per heavy atom.